The van der Waals surface area contributed by atoms with E-state index in [0.717, 1.165) is 17.8 Å². The molecule has 2 aliphatic heterocycles. The molecule has 4 aromatic rings. The van der Waals surface area contributed by atoms with Crippen molar-refractivity contribution < 1.29 is 27.8 Å². The molecule has 0 unspecified atom stereocenters. The SMILES string of the molecule is O=C(C[C@H](c1ccccc1)C(F)(F)F)N1CCC(O)(Cn2cnc3c(cc(Cl)n3-c3ccc([C@@H]4COCCN4)cc3)c2=O)CC1. The highest BCUT2D eigenvalue weighted by molar-refractivity contribution is 6.31. The number of ether oxygens (including phenoxy) is 1. The van der Waals surface area contributed by atoms with Crippen LogP contribution < -0.4 is 10.9 Å². The number of hydrogen-bond acceptors (Lipinski definition) is 6. The number of morpholine rings is 1. The Bertz CT molecular complexity index is 1710. The third-order valence-corrected chi connectivity index (χ3v) is 8.98. The van der Waals surface area contributed by atoms with Gasteiger partial charge in [-0.2, -0.15) is 13.2 Å². The first-order valence-electron chi connectivity index (χ1n) is 14.8. The maximum absolute atomic E-state index is 13.8. The van der Waals surface area contributed by atoms with Crippen LogP contribution in [0.25, 0.3) is 16.7 Å². The molecule has 45 heavy (non-hydrogen) atoms. The number of amides is 1. The molecule has 0 radical (unpaired) electrons. The first-order chi connectivity index (χ1) is 21.5. The summed E-state index contributed by atoms with van der Waals surface area (Å²) in [4.78, 5) is 32.2. The summed E-state index contributed by atoms with van der Waals surface area (Å²) in [5.74, 6) is -2.54. The Labute approximate surface area is 262 Å². The van der Waals surface area contributed by atoms with Gasteiger partial charge in [-0.25, -0.2) is 4.98 Å². The lowest BCUT2D eigenvalue weighted by Gasteiger charge is -2.39. The summed E-state index contributed by atoms with van der Waals surface area (Å²) in [5.41, 5.74) is 0.473. The molecule has 2 saturated heterocycles. The Morgan fingerprint density at radius 2 is 1.84 bits per heavy atom. The van der Waals surface area contributed by atoms with Gasteiger partial charge in [-0.3, -0.25) is 18.7 Å². The minimum atomic E-state index is -4.58. The molecule has 0 bridgehead atoms. The number of rotatable bonds is 7. The van der Waals surface area contributed by atoms with Crippen LogP contribution in [-0.2, 0) is 16.1 Å². The zero-order valence-corrected chi connectivity index (χ0v) is 25.1. The number of carbonyl (C=O) groups excluding carboxylic acids is 1. The largest absolute Gasteiger partial charge is 0.396 e. The number of aromatic nitrogens is 3. The van der Waals surface area contributed by atoms with Crippen LogP contribution in [0.15, 0.2) is 71.8 Å². The van der Waals surface area contributed by atoms with Gasteiger partial charge in [-0.05, 0) is 42.2 Å². The Hall–Kier alpha value is -3.71. The quantitative estimate of drug-likeness (QED) is 0.306. The van der Waals surface area contributed by atoms with E-state index in [1.54, 1.807) is 16.7 Å². The second-order valence-corrected chi connectivity index (χ2v) is 12.1. The fourth-order valence-electron chi connectivity index (χ4n) is 6.14. The van der Waals surface area contributed by atoms with Crippen molar-refractivity contribution in [2.75, 3.05) is 32.8 Å². The molecule has 0 aliphatic carbocycles. The number of fused-ring (bicyclic) bond motifs is 1. The van der Waals surface area contributed by atoms with E-state index in [2.05, 4.69) is 10.3 Å². The fraction of sp³-hybridized carbons (Fsp3) is 0.406. The number of aliphatic hydroxyl groups is 1. The smallest absolute Gasteiger partial charge is 0.388 e. The number of benzene rings is 2. The van der Waals surface area contributed by atoms with E-state index in [-0.39, 0.29) is 55.0 Å². The summed E-state index contributed by atoms with van der Waals surface area (Å²) in [6.07, 6.45) is -3.73. The molecular weight excluding hydrogens is 611 g/mol. The van der Waals surface area contributed by atoms with E-state index >= 15 is 0 Å². The molecule has 9 nitrogen and oxygen atoms in total. The van der Waals surface area contributed by atoms with Crippen LogP contribution in [-0.4, -0.2) is 74.7 Å². The molecule has 0 spiro atoms. The maximum Gasteiger partial charge on any atom is 0.396 e. The maximum atomic E-state index is 13.8. The first-order valence-corrected chi connectivity index (χ1v) is 15.2. The summed E-state index contributed by atoms with van der Waals surface area (Å²) in [5, 5.41) is 15.3. The molecule has 13 heteroatoms. The highest BCUT2D eigenvalue weighted by atomic mass is 35.5. The van der Waals surface area contributed by atoms with Crippen molar-refractivity contribution in [1.82, 2.24) is 24.3 Å². The number of halogens is 4. The van der Waals surface area contributed by atoms with Crippen LogP contribution in [0.4, 0.5) is 13.2 Å². The highest BCUT2D eigenvalue weighted by Crippen LogP contribution is 2.38. The van der Waals surface area contributed by atoms with Crippen molar-refractivity contribution in [2.45, 2.75) is 49.5 Å². The van der Waals surface area contributed by atoms with E-state index in [9.17, 15) is 27.9 Å². The molecule has 2 atom stereocenters. The third-order valence-electron chi connectivity index (χ3n) is 8.70. The van der Waals surface area contributed by atoms with Crippen molar-refractivity contribution in [1.29, 1.82) is 0 Å². The minimum absolute atomic E-state index is 0.0342. The van der Waals surface area contributed by atoms with E-state index in [1.807, 2.05) is 24.3 Å². The van der Waals surface area contributed by atoms with Crippen LogP contribution >= 0.6 is 11.6 Å². The number of piperidine rings is 1. The van der Waals surface area contributed by atoms with Crippen molar-refractivity contribution in [3.63, 3.8) is 0 Å². The molecule has 1 amide bonds. The van der Waals surface area contributed by atoms with Gasteiger partial charge >= 0.3 is 6.18 Å². The lowest BCUT2D eigenvalue weighted by atomic mass is 9.89. The Morgan fingerprint density at radius 3 is 2.49 bits per heavy atom. The van der Waals surface area contributed by atoms with Crippen molar-refractivity contribution in [2.24, 2.45) is 0 Å². The van der Waals surface area contributed by atoms with Crippen LogP contribution in [0.1, 0.15) is 42.3 Å². The summed E-state index contributed by atoms with van der Waals surface area (Å²) in [6, 6.07) is 16.8. The average Bonchev–Trinajstić information content (AvgIpc) is 3.38. The number of likely N-dealkylation sites (tertiary alicyclic amines) is 1. The lowest BCUT2D eigenvalue weighted by Crippen LogP contribution is -2.50. The van der Waals surface area contributed by atoms with Gasteiger partial charge in [0.1, 0.15) is 11.5 Å². The zero-order valence-electron chi connectivity index (χ0n) is 24.3. The molecule has 2 aliphatic rings. The minimum Gasteiger partial charge on any atom is -0.388 e. The van der Waals surface area contributed by atoms with Gasteiger partial charge in [0.05, 0.1) is 42.7 Å². The lowest BCUT2D eigenvalue weighted by molar-refractivity contribution is -0.162. The average molecular weight is 644 g/mol. The van der Waals surface area contributed by atoms with Crippen LogP contribution in [0.5, 0.6) is 0 Å². The van der Waals surface area contributed by atoms with E-state index in [4.69, 9.17) is 16.3 Å². The molecule has 0 saturated carbocycles. The topological polar surface area (TPSA) is 102 Å². The molecule has 238 valence electrons. The summed E-state index contributed by atoms with van der Waals surface area (Å²) >= 11 is 6.57. The number of alkyl halides is 3. The van der Waals surface area contributed by atoms with Gasteiger partial charge in [-0.15, -0.1) is 0 Å². The predicted molar refractivity (Wildman–Crippen MR) is 163 cm³/mol. The number of carbonyl (C=O) groups is 1. The van der Waals surface area contributed by atoms with E-state index < -0.39 is 30.0 Å². The summed E-state index contributed by atoms with van der Waals surface area (Å²) in [6.45, 7) is 2.10. The van der Waals surface area contributed by atoms with Gasteiger partial charge in [0.15, 0.2) is 5.65 Å². The van der Waals surface area contributed by atoms with Gasteiger partial charge in [0.2, 0.25) is 5.91 Å². The second kappa shape index (κ2) is 12.6. The monoisotopic (exact) mass is 643 g/mol. The Morgan fingerprint density at radius 1 is 1.13 bits per heavy atom. The van der Waals surface area contributed by atoms with E-state index in [1.165, 1.54) is 40.1 Å². The molecule has 2 aromatic heterocycles. The molecule has 2 N–H and O–H groups in total. The van der Waals surface area contributed by atoms with Gasteiger partial charge in [0.25, 0.3) is 5.56 Å². The number of nitrogens with zero attached hydrogens (tertiary/aromatic N) is 4. The molecule has 6 rings (SSSR count). The zero-order chi connectivity index (χ0) is 31.8. The highest BCUT2D eigenvalue weighted by Gasteiger charge is 2.43. The molecular formula is C32H33ClF3N5O4. The number of nitrogens with one attached hydrogen (secondary N) is 1. The van der Waals surface area contributed by atoms with Crippen LogP contribution in [0.3, 0.4) is 0 Å². The first kappa shape index (κ1) is 31.3. The summed E-state index contributed by atoms with van der Waals surface area (Å²) in [7, 11) is 0. The van der Waals surface area contributed by atoms with Crippen LogP contribution in [0.2, 0.25) is 5.15 Å². The normalized spacial score (nSPS) is 19.5. The second-order valence-electron chi connectivity index (χ2n) is 11.7. The van der Waals surface area contributed by atoms with Crippen LogP contribution in [0, 0.1) is 0 Å². The molecule has 2 aromatic carbocycles. The van der Waals surface area contributed by atoms with Crippen molar-refractivity contribution in [3.05, 3.63) is 93.6 Å². The molecule has 4 heterocycles. The Balaban J connectivity index is 1.14. The number of hydrogen-bond donors (Lipinski definition) is 2. The summed E-state index contributed by atoms with van der Waals surface area (Å²) < 4.78 is 49.9. The third kappa shape index (κ3) is 6.64. The van der Waals surface area contributed by atoms with E-state index in [0.29, 0.717) is 24.0 Å². The standard InChI is InChI=1S/C32H33ClF3N5O4/c33-27-16-24-29(41(27)23-8-6-22(7-9-23)26-18-45-15-12-37-26)38-20-40(30(24)43)19-31(44)10-13-39(14-11-31)28(42)17-25(32(34,35)36)21-4-2-1-3-5-21/h1-9,16,20,25-26,37,44H,10-15,17-19H2/t25-,26+/m1/s1. The van der Waals surface area contributed by atoms with Crippen molar-refractivity contribution in [3.8, 4) is 5.69 Å². The fourth-order valence-corrected chi connectivity index (χ4v) is 6.43. The van der Waals surface area contributed by atoms with Gasteiger partial charge in [0, 0.05) is 31.7 Å². The van der Waals surface area contributed by atoms with Gasteiger partial charge < -0.3 is 20.1 Å². The molecule has 2 fully saturated rings. The Kier molecular flexibility index (Phi) is 8.75. The van der Waals surface area contributed by atoms with Crippen molar-refractivity contribution >= 4 is 28.5 Å². The predicted octanol–water partition coefficient (Wildman–Crippen LogP) is 4.59. The van der Waals surface area contributed by atoms with Gasteiger partial charge in [-0.1, -0.05) is 54.1 Å².